The second-order valence-electron chi connectivity index (χ2n) is 15.0. The van der Waals surface area contributed by atoms with E-state index >= 15 is 0 Å². The van der Waals surface area contributed by atoms with Crippen molar-refractivity contribution in [3.8, 4) is 0 Å². The van der Waals surface area contributed by atoms with Crippen molar-refractivity contribution < 1.29 is 23.9 Å². The van der Waals surface area contributed by atoms with Crippen molar-refractivity contribution in [1.29, 1.82) is 0 Å². The van der Waals surface area contributed by atoms with E-state index in [0.29, 0.717) is 6.42 Å². The molecular formula is C44H78N2O5. The summed E-state index contributed by atoms with van der Waals surface area (Å²) in [5.74, 6) is -1.08. The predicted octanol–water partition coefficient (Wildman–Crippen LogP) is 10.8. The van der Waals surface area contributed by atoms with Crippen LogP contribution in [0.2, 0.25) is 0 Å². The zero-order valence-electron chi connectivity index (χ0n) is 33.4. The molecule has 7 heteroatoms. The molecule has 3 N–H and O–H groups in total. The van der Waals surface area contributed by atoms with Crippen molar-refractivity contribution in [2.24, 2.45) is 17.6 Å². The summed E-state index contributed by atoms with van der Waals surface area (Å²) in [7, 11) is 0. The van der Waals surface area contributed by atoms with Crippen LogP contribution in [0, 0.1) is 11.8 Å². The summed E-state index contributed by atoms with van der Waals surface area (Å²) in [4.78, 5) is 40.3. The van der Waals surface area contributed by atoms with Gasteiger partial charge in [0.1, 0.15) is 13.2 Å². The molecule has 1 aromatic carbocycles. The molecule has 0 radical (unpaired) electrons. The number of carbonyl (C=O) groups is 3. The maximum Gasteiger partial charge on any atom is 0.309 e. The highest BCUT2D eigenvalue weighted by atomic mass is 16.5. The first kappa shape index (κ1) is 46.6. The lowest BCUT2D eigenvalue weighted by Crippen LogP contribution is -2.50. The van der Waals surface area contributed by atoms with E-state index in [0.717, 1.165) is 95.5 Å². The second-order valence-corrected chi connectivity index (χ2v) is 15.0. The zero-order valence-corrected chi connectivity index (χ0v) is 33.4. The molecule has 0 heterocycles. The van der Waals surface area contributed by atoms with E-state index in [1.165, 1.54) is 64.2 Å². The molecule has 51 heavy (non-hydrogen) atoms. The quantitative estimate of drug-likeness (QED) is 0.0543. The largest absolute Gasteiger partial charge is 0.463 e. The minimum atomic E-state index is -0.778. The van der Waals surface area contributed by atoms with E-state index in [4.69, 9.17) is 15.2 Å². The van der Waals surface area contributed by atoms with Crippen LogP contribution in [0.3, 0.4) is 0 Å². The van der Waals surface area contributed by atoms with E-state index in [-0.39, 0.29) is 42.9 Å². The average Bonchev–Trinajstić information content (AvgIpc) is 3.13. The van der Waals surface area contributed by atoms with Crippen LogP contribution in [-0.4, -0.2) is 43.1 Å². The molecule has 0 bridgehead atoms. The van der Waals surface area contributed by atoms with Gasteiger partial charge in [0.15, 0.2) is 0 Å². The monoisotopic (exact) mass is 715 g/mol. The molecule has 3 unspecified atom stereocenters. The van der Waals surface area contributed by atoms with E-state index in [2.05, 4.69) is 33.0 Å². The molecule has 3 atom stereocenters. The maximum absolute atomic E-state index is 13.5. The van der Waals surface area contributed by atoms with Gasteiger partial charge >= 0.3 is 11.9 Å². The molecule has 7 nitrogen and oxygen atoms in total. The highest BCUT2D eigenvalue weighted by Crippen LogP contribution is 2.22. The van der Waals surface area contributed by atoms with Crippen LogP contribution in [0.5, 0.6) is 0 Å². The van der Waals surface area contributed by atoms with Gasteiger partial charge in [-0.1, -0.05) is 186 Å². The lowest BCUT2D eigenvalue weighted by Gasteiger charge is -2.24. The summed E-state index contributed by atoms with van der Waals surface area (Å²) in [6, 6.07) is 8.23. The van der Waals surface area contributed by atoms with Gasteiger partial charge in [0.05, 0.1) is 23.9 Å². The Hall–Kier alpha value is -2.41. The van der Waals surface area contributed by atoms with Crippen LogP contribution in [0.4, 0.5) is 0 Å². The Morgan fingerprint density at radius 2 is 0.902 bits per heavy atom. The van der Waals surface area contributed by atoms with Gasteiger partial charge in [-0.15, -0.1) is 0 Å². The summed E-state index contributed by atoms with van der Waals surface area (Å²) < 4.78 is 11.9. The molecule has 0 saturated carbocycles. The summed E-state index contributed by atoms with van der Waals surface area (Å²) >= 11 is 0. The van der Waals surface area contributed by atoms with Crippen LogP contribution in [0.15, 0.2) is 30.3 Å². The first-order valence-electron chi connectivity index (χ1n) is 21.3. The number of ether oxygens (including phenoxy) is 2. The van der Waals surface area contributed by atoms with Gasteiger partial charge in [0, 0.05) is 0 Å². The number of benzene rings is 1. The normalized spacial score (nSPS) is 13.7. The zero-order chi connectivity index (χ0) is 37.4. The fraction of sp³-hybridized carbons (Fsp3) is 0.795. The van der Waals surface area contributed by atoms with Crippen molar-refractivity contribution >= 4 is 17.8 Å². The number of unbranched alkanes of at least 4 members (excludes halogenated alkanes) is 16. The minimum absolute atomic E-state index is 0.0452. The van der Waals surface area contributed by atoms with Crippen LogP contribution in [-0.2, 0) is 30.3 Å². The number of amides is 1. The highest BCUT2D eigenvalue weighted by molar-refractivity contribution is 5.82. The van der Waals surface area contributed by atoms with E-state index in [1.54, 1.807) is 0 Å². The highest BCUT2D eigenvalue weighted by Gasteiger charge is 2.26. The lowest BCUT2D eigenvalue weighted by atomic mass is 9.94. The van der Waals surface area contributed by atoms with Crippen LogP contribution in [0.1, 0.15) is 187 Å². The molecule has 0 saturated heterocycles. The summed E-state index contributed by atoms with van der Waals surface area (Å²) in [6.45, 7) is 8.74. The molecule has 1 rings (SSSR count). The van der Waals surface area contributed by atoms with Gasteiger partial charge in [-0.2, -0.15) is 0 Å². The first-order chi connectivity index (χ1) is 24.9. The van der Waals surface area contributed by atoms with Gasteiger partial charge in [0.25, 0.3) is 0 Å². The average molecular weight is 715 g/mol. The van der Waals surface area contributed by atoms with Gasteiger partial charge in [-0.3, -0.25) is 14.4 Å². The van der Waals surface area contributed by atoms with Crippen LogP contribution < -0.4 is 11.1 Å². The Bertz CT molecular complexity index is 939. The molecule has 294 valence electrons. The fourth-order valence-electron chi connectivity index (χ4n) is 6.74. The standard InChI is InChI=1S/C44H78N2O5/c1-5-9-13-17-19-26-32-38(30-24-15-11-7-3)43(48)50-35-40(46-42(47)41(45)34-37-28-22-21-23-29-37)36-51-44(49)39(31-25-16-12-8-4)33-27-20-18-14-10-6-2/h21-23,28-29,38-41H,5-20,24-27,30-36,45H2,1-4H3,(H,46,47). The number of esters is 2. The van der Waals surface area contributed by atoms with Crippen molar-refractivity contribution in [3.63, 3.8) is 0 Å². The number of carbonyl (C=O) groups excluding carboxylic acids is 3. The molecule has 0 spiro atoms. The predicted molar refractivity (Wildman–Crippen MR) is 212 cm³/mol. The molecule has 0 aliphatic heterocycles. The Balaban J connectivity index is 2.95. The third-order valence-corrected chi connectivity index (χ3v) is 10.1. The Morgan fingerprint density at radius 1 is 0.549 bits per heavy atom. The molecule has 0 fully saturated rings. The third-order valence-electron chi connectivity index (χ3n) is 10.1. The molecule has 1 amide bonds. The van der Waals surface area contributed by atoms with Crippen molar-refractivity contribution in [2.45, 2.75) is 200 Å². The van der Waals surface area contributed by atoms with Gasteiger partial charge in [-0.25, -0.2) is 0 Å². The summed E-state index contributed by atoms with van der Waals surface area (Å²) in [5.41, 5.74) is 7.30. The second kappa shape index (κ2) is 32.3. The van der Waals surface area contributed by atoms with Crippen molar-refractivity contribution in [3.05, 3.63) is 35.9 Å². The third kappa shape index (κ3) is 24.5. The molecule has 0 aromatic heterocycles. The van der Waals surface area contributed by atoms with E-state index in [9.17, 15) is 14.4 Å². The fourth-order valence-corrected chi connectivity index (χ4v) is 6.74. The molecular weight excluding hydrogens is 636 g/mol. The smallest absolute Gasteiger partial charge is 0.309 e. The summed E-state index contributed by atoms with van der Waals surface area (Å²) in [6.07, 6.45) is 26.7. The van der Waals surface area contributed by atoms with Crippen LogP contribution in [0.25, 0.3) is 0 Å². The number of nitrogens with two attached hydrogens (primary N) is 1. The van der Waals surface area contributed by atoms with Crippen molar-refractivity contribution in [2.75, 3.05) is 13.2 Å². The lowest BCUT2D eigenvalue weighted by molar-refractivity contribution is -0.154. The minimum Gasteiger partial charge on any atom is -0.463 e. The van der Waals surface area contributed by atoms with Gasteiger partial charge in [0.2, 0.25) is 5.91 Å². The SMILES string of the molecule is CCCCCCCCC(CCCCCC)C(=O)OCC(COC(=O)C(CCCCCC)CCCCCCCC)NC(=O)C(N)Cc1ccccc1. The Labute approximate surface area is 313 Å². The topological polar surface area (TPSA) is 108 Å². The van der Waals surface area contributed by atoms with E-state index < -0.39 is 12.1 Å². The Kier molecular flexibility index (Phi) is 29.5. The summed E-state index contributed by atoms with van der Waals surface area (Å²) in [5, 5.41) is 2.97. The number of hydrogen-bond acceptors (Lipinski definition) is 6. The van der Waals surface area contributed by atoms with Crippen molar-refractivity contribution in [1.82, 2.24) is 5.32 Å². The molecule has 0 aliphatic carbocycles. The molecule has 0 aliphatic rings. The number of rotatable bonds is 34. The first-order valence-corrected chi connectivity index (χ1v) is 21.3. The number of hydrogen-bond donors (Lipinski definition) is 2. The van der Waals surface area contributed by atoms with Crippen LogP contribution >= 0.6 is 0 Å². The maximum atomic E-state index is 13.5. The van der Waals surface area contributed by atoms with Gasteiger partial charge in [-0.05, 0) is 37.7 Å². The number of nitrogens with one attached hydrogen (secondary N) is 1. The molecule has 1 aromatic rings. The Morgan fingerprint density at radius 3 is 1.29 bits per heavy atom. The van der Waals surface area contributed by atoms with Gasteiger partial charge < -0.3 is 20.5 Å². The van der Waals surface area contributed by atoms with E-state index in [1.807, 2.05) is 30.3 Å².